The first-order chi connectivity index (χ1) is 10.8. The maximum absolute atomic E-state index is 11.5. The quantitative estimate of drug-likeness (QED) is 0.671. The molecule has 0 aliphatic carbocycles. The van der Waals surface area contributed by atoms with Crippen LogP contribution in [0.4, 0.5) is 0 Å². The number of thioether (sulfide) groups is 1. The fourth-order valence-electron chi connectivity index (χ4n) is 2.02. The molecule has 0 saturated carbocycles. The maximum Gasteiger partial charge on any atom is 0.192 e. The van der Waals surface area contributed by atoms with Crippen molar-refractivity contribution in [3.8, 4) is 11.4 Å². The first-order valence-corrected chi connectivity index (χ1v) is 8.99. The van der Waals surface area contributed by atoms with Crippen molar-refractivity contribution in [3.05, 3.63) is 28.2 Å². The molecule has 0 aliphatic rings. The molecule has 1 heterocycles. The van der Waals surface area contributed by atoms with E-state index >= 15 is 0 Å². The van der Waals surface area contributed by atoms with Gasteiger partial charge in [0.25, 0.3) is 0 Å². The predicted octanol–water partition coefficient (Wildman–Crippen LogP) is 4.98. The van der Waals surface area contributed by atoms with Crippen LogP contribution in [0.25, 0.3) is 11.4 Å². The van der Waals surface area contributed by atoms with Gasteiger partial charge in [0, 0.05) is 17.1 Å². The van der Waals surface area contributed by atoms with Gasteiger partial charge >= 0.3 is 0 Å². The molecule has 2 aromatic rings. The minimum Gasteiger partial charge on any atom is -0.302 e. The molecule has 0 spiro atoms. The summed E-state index contributed by atoms with van der Waals surface area (Å²) in [6, 6.07) is 5.31. The standard InChI is InChI=1S/C16H19Cl2N3OS/c1-9(2)8-21-15(13-6-5-12(17)7-14(13)18)19-20-16(21)23-11(4)10(3)22/h5-7,9,11H,8H2,1-4H3. The Kier molecular flexibility index (Phi) is 6.12. The molecule has 23 heavy (non-hydrogen) atoms. The highest BCUT2D eigenvalue weighted by molar-refractivity contribution is 8.00. The van der Waals surface area contributed by atoms with E-state index in [-0.39, 0.29) is 11.0 Å². The van der Waals surface area contributed by atoms with Gasteiger partial charge in [-0.25, -0.2) is 0 Å². The first kappa shape index (κ1) is 18.3. The van der Waals surface area contributed by atoms with E-state index in [1.807, 2.05) is 17.6 Å². The molecule has 0 bridgehead atoms. The minimum absolute atomic E-state index is 0.111. The lowest BCUT2D eigenvalue weighted by atomic mass is 10.2. The topological polar surface area (TPSA) is 47.8 Å². The van der Waals surface area contributed by atoms with Gasteiger partial charge in [-0.3, -0.25) is 4.79 Å². The third-order valence-electron chi connectivity index (χ3n) is 3.29. The summed E-state index contributed by atoms with van der Waals surface area (Å²) in [6.45, 7) is 8.44. The predicted molar refractivity (Wildman–Crippen MR) is 96.3 cm³/mol. The van der Waals surface area contributed by atoms with Crippen LogP contribution in [0.3, 0.4) is 0 Å². The number of hydrogen-bond donors (Lipinski definition) is 0. The average molecular weight is 372 g/mol. The van der Waals surface area contributed by atoms with Crippen LogP contribution in [0.5, 0.6) is 0 Å². The smallest absolute Gasteiger partial charge is 0.192 e. The minimum atomic E-state index is -0.168. The van der Waals surface area contributed by atoms with Gasteiger partial charge in [0.1, 0.15) is 5.78 Å². The molecule has 0 aliphatic heterocycles. The van der Waals surface area contributed by atoms with Gasteiger partial charge < -0.3 is 4.57 Å². The van der Waals surface area contributed by atoms with Crippen LogP contribution in [0.1, 0.15) is 27.7 Å². The summed E-state index contributed by atoms with van der Waals surface area (Å²) in [6.07, 6.45) is 0. The van der Waals surface area contributed by atoms with Crippen LogP contribution in [-0.4, -0.2) is 25.8 Å². The van der Waals surface area contributed by atoms with Crippen LogP contribution >= 0.6 is 35.0 Å². The van der Waals surface area contributed by atoms with Crippen LogP contribution in [0, 0.1) is 5.92 Å². The van der Waals surface area contributed by atoms with Crippen molar-refractivity contribution in [3.63, 3.8) is 0 Å². The van der Waals surface area contributed by atoms with E-state index in [9.17, 15) is 4.79 Å². The Morgan fingerprint density at radius 2 is 1.96 bits per heavy atom. The lowest BCUT2D eigenvalue weighted by Gasteiger charge is -2.14. The molecule has 1 aromatic heterocycles. The second kappa shape index (κ2) is 7.69. The second-order valence-corrected chi connectivity index (χ2v) is 7.96. The van der Waals surface area contributed by atoms with E-state index in [0.717, 1.165) is 17.3 Å². The van der Waals surface area contributed by atoms with Crippen molar-refractivity contribution in [2.45, 2.75) is 44.6 Å². The zero-order valence-electron chi connectivity index (χ0n) is 13.5. The lowest BCUT2D eigenvalue weighted by molar-refractivity contribution is -0.116. The van der Waals surface area contributed by atoms with Gasteiger partial charge in [-0.05, 0) is 38.0 Å². The zero-order chi connectivity index (χ0) is 17.1. The SMILES string of the molecule is CC(=O)C(C)Sc1nnc(-c2ccc(Cl)cc2Cl)n1CC(C)C. The van der Waals surface area contributed by atoms with E-state index in [1.165, 1.54) is 11.8 Å². The van der Waals surface area contributed by atoms with Gasteiger partial charge in [0.2, 0.25) is 0 Å². The number of rotatable bonds is 6. The number of nitrogens with zero attached hydrogens (tertiary/aromatic N) is 3. The summed E-state index contributed by atoms with van der Waals surface area (Å²) in [7, 11) is 0. The third-order valence-corrected chi connectivity index (χ3v) is 5.04. The van der Waals surface area contributed by atoms with Crippen molar-refractivity contribution >= 4 is 40.7 Å². The molecule has 7 heteroatoms. The maximum atomic E-state index is 11.5. The Morgan fingerprint density at radius 3 is 2.52 bits per heavy atom. The van der Waals surface area contributed by atoms with Gasteiger partial charge in [-0.15, -0.1) is 10.2 Å². The summed E-state index contributed by atoms with van der Waals surface area (Å²) in [5.41, 5.74) is 0.784. The Balaban J connectivity index is 2.47. The van der Waals surface area contributed by atoms with Crippen LogP contribution in [0.2, 0.25) is 10.0 Å². The summed E-state index contributed by atoms with van der Waals surface area (Å²) in [5, 5.41) is 10.2. The summed E-state index contributed by atoms with van der Waals surface area (Å²) in [5.74, 6) is 1.21. The fraction of sp³-hybridized carbons (Fsp3) is 0.438. The van der Waals surface area contributed by atoms with Crippen LogP contribution in [-0.2, 0) is 11.3 Å². The molecular weight excluding hydrogens is 353 g/mol. The molecule has 1 atom stereocenters. The highest BCUT2D eigenvalue weighted by Gasteiger charge is 2.20. The van der Waals surface area contributed by atoms with Crippen LogP contribution < -0.4 is 0 Å². The number of carbonyl (C=O) groups excluding carboxylic acids is 1. The second-order valence-electron chi connectivity index (χ2n) is 5.81. The Bertz CT molecular complexity index is 715. The normalized spacial score (nSPS) is 12.7. The Labute approximate surface area is 150 Å². The van der Waals surface area contributed by atoms with Crippen molar-refractivity contribution in [1.82, 2.24) is 14.8 Å². The molecule has 4 nitrogen and oxygen atoms in total. The number of halogens is 2. The molecular formula is C16H19Cl2N3OS. The van der Waals surface area contributed by atoms with Crippen molar-refractivity contribution < 1.29 is 4.79 Å². The highest BCUT2D eigenvalue weighted by Crippen LogP contribution is 2.33. The highest BCUT2D eigenvalue weighted by atomic mass is 35.5. The Hall–Kier alpha value is -1.04. The first-order valence-electron chi connectivity index (χ1n) is 7.35. The third kappa shape index (κ3) is 4.49. The molecule has 0 amide bonds. The molecule has 1 unspecified atom stereocenters. The van der Waals surface area contributed by atoms with Crippen molar-refractivity contribution in [1.29, 1.82) is 0 Å². The van der Waals surface area contributed by atoms with Gasteiger partial charge in [-0.1, -0.05) is 48.8 Å². The monoisotopic (exact) mass is 371 g/mol. The van der Waals surface area contributed by atoms with E-state index in [0.29, 0.717) is 21.8 Å². The van der Waals surface area contributed by atoms with Gasteiger partial charge in [0.05, 0.1) is 10.3 Å². The fourth-order valence-corrected chi connectivity index (χ4v) is 3.37. The number of hydrogen-bond acceptors (Lipinski definition) is 4. The van der Waals surface area contributed by atoms with Crippen molar-refractivity contribution in [2.75, 3.05) is 0 Å². The number of aromatic nitrogens is 3. The summed E-state index contributed by atoms with van der Waals surface area (Å²) >= 11 is 13.7. The largest absolute Gasteiger partial charge is 0.302 e. The average Bonchev–Trinajstić information content (AvgIpc) is 2.81. The molecule has 0 N–H and O–H groups in total. The van der Waals surface area contributed by atoms with E-state index in [2.05, 4.69) is 24.0 Å². The molecule has 0 saturated heterocycles. The van der Waals surface area contributed by atoms with E-state index in [1.54, 1.807) is 19.1 Å². The number of Topliss-reactive ketones (excluding diaryl/α,β-unsaturated/α-hetero) is 1. The number of benzene rings is 1. The summed E-state index contributed by atoms with van der Waals surface area (Å²) < 4.78 is 2.02. The lowest BCUT2D eigenvalue weighted by Crippen LogP contribution is -2.12. The number of carbonyl (C=O) groups is 1. The van der Waals surface area contributed by atoms with Gasteiger partial charge in [-0.2, -0.15) is 0 Å². The van der Waals surface area contributed by atoms with E-state index in [4.69, 9.17) is 23.2 Å². The molecule has 124 valence electrons. The van der Waals surface area contributed by atoms with Crippen molar-refractivity contribution in [2.24, 2.45) is 5.92 Å². The zero-order valence-corrected chi connectivity index (χ0v) is 15.8. The van der Waals surface area contributed by atoms with E-state index < -0.39 is 0 Å². The molecule has 0 fully saturated rings. The van der Waals surface area contributed by atoms with Gasteiger partial charge in [0.15, 0.2) is 11.0 Å². The molecule has 0 radical (unpaired) electrons. The van der Waals surface area contributed by atoms with Crippen LogP contribution in [0.15, 0.2) is 23.4 Å². The molecule has 1 aromatic carbocycles. The molecule has 2 rings (SSSR count). The Morgan fingerprint density at radius 1 is 1.26 bits per heavy atom. The number of ketones is 1. The summed E-state index contributed by atoms with van der Waals surface area (Å²) in [4.78, 5) is 11.5.